The van der Waals surface area contributed by atoms with Gasteiger partial charge in [-0.25, -0.2) is 0 Å². The Morgan fingerprint density at radius 2 is 1.63 bits per heavy atom. The standard InChI is InChI=1S/C22H28N4O4/c1-16(27)23-17-8-9-20(29-2)18(14-17)24-22(28)15-25-10-12-26(13-11-25)19-6-4-5-7-21(19)30-3/h4-9,14H,10-13,15H2,1-3H3,(H,23,27)(H,24,28). The molecule has 0 radical (unpaired) electrons. The van der Waals surface area contributed by atoms with Crippen molar-refractivity contribution in [1.29, 1.82) is 0 Å². The number of carbonyl (C=O) groups excluding carboxylic acids is 2. The molecule has 3 rings (SSSR count). The Balaban J connectivity index is 1.57. The van der Waals surface area contributed by atoms with E-state index in [9.17, 15) is 9.59 Å². The number of anilines is 3. The summed E-state index contributed by atoms with van der Waals surface area (Å²) < 4.78 is 10.8. The fraction of sp³-hybridized carbons (Fsp3) is 0.364. The van der Waals surface area contributed by atoms with E-state index in [0.717, 1.165) is 37.6 Å². The van der Waals surface area contributed by atoms with Crippen LogP contribution in [0, 0.1) is 0 Å². The highest BCUT2D eigenvalue weighted by atomic mass is 16.5. The third-order valence-electron chi connectivity index (χ3n) is 4.96. The van der Waals surface area contributed by atoms with Crippen molar-refractivity contribution in [3.8, 4) is 11.5 Å². The van der Waals surface area contributed by atoms with Gasteiger partial charge in [-0.2, -0.15) is 0 Å². The van der Waals surface area contributed by atoms with Crippen molar-refractivity contribution in [2.45, 2.75) is 6.92 Å². The van der Waals surface area contributed by atoms with Crippen molar-refractivity contribution in [3.63, 3.8) is 0 Å². The monoisotopic (exact) mass is 412 g/mol. The summed E-state index contributed by atoms with van der Waals surface area (Å²) in [5.41, 5.74) is 2.20. The second-order valence-corrected chi connectivity index (χ2v) is 7.08. The summed E-state index contributed by atoms with van der Waals surface area (Å²) >= 11 is 0. The summed E-state index contributed by atoms with van der Waals surface area (Å²) in [5, 5.41) is 5.60. The second-order valence-electron chi connectivity index (χ2n) is 7.08. The normalized spacial score (nSPS) is 14.2. The smallest absolute Gasteiger partial charge is 0.238 e. The van der Waals surface area contributed by atoms with E-state index in [1.165, 1.54) is 6.92 Å². The molecule has 0 atom stereocenters. The molecule has 0 aliphatic carbocycles. The molecule has 0 aromatic heterocycles. The number of hydrogen-bond acceptors (Lipinski definition) is 6. The Morgan fingerprint density at radius 1 is 0.933 bits per heavy atom. The summed E-state index contributed by atoms with van der Waals surface area (Å²) in [7, 11) is 3.22. The summed E-state index contributed by atoms with van der Waals surface area (Å²) in [4.78, 5) is 28.3. The van der Waals surface area contributed by atoms with Gasteiger partial charge in [0.1, 0.15) is 11.5 Å². The molecule has 1 aliphatic heterocycles. The number of carbonyl (C=O) groups is 2. The first kappa shape index (κ1) is 21.4. The first-order chi connectivity index (χ1) is 14.5. The third-order valence-corrected chi connectivity index (χ3v) is 4.96. The van der Waals surface area contributed by atoms with Crippen molar-refractivity contribution in [2.75, 3.05) is 62.5 Å². The molecule has 8 nitrogen and oxygen atoms in total. The molecule has 0 bridgehead atoms. The first-order valence-corrected chi connectivity index (χ1v) is 9.86. The molecule has 0 unspecified atom stereocenters. The van der Waals surface area contributed by atoms with Crippen LogP contribution in [0.3, 0.4) is 0 Å². The molecule has 1 fully saturated rings. The Morgan fingerprint density at radius 3 is 2.30 bits per heavy atom. The molecule has 30 heavy (non-hydrogen) atoms. The van der Waals surface area contributed by atoms with Crippen LogP contribution in [0.15, 0.2) is 42.5 Å². The molecule has 160 valence electrons. The van der Waals surface area contributed by atoms with E-state index >= 15 is 0 Å². The number of nitrogens with one attached hydrogen (secondary N) is 2. The second kappa shape index (κ2) is 9.98. The SMILES string of the molecule is COc1ccc(NC(C)=O)cc1NC(=O)CN1CCN(c2ccccc2OC)CC1. The van der Waals surface area contributed by atoms with Gasteiger partial charge in [0.05, 0.1) is 32.1 Å². The van der Waals surface area contributed by atoms with E-state index in [-0.39, 0.29) is 18.4 Å². The van der Waals surface area contributed by atoms with Crippen LogP contribution in [-0.4, -0.2) is 63.7 Å². The predicted molar refractivity (Wildman–Crippen MR) is 118 cm³/mol. The number of para-hydroxylation sites is 2. The maximum atomic E-state index is 12.6. The number of nitrogens with zero attached hydrogens (tertiary/aromatic N) is 2. The summed E-state index contributed by atoms with van der Waals surface area (Å²) in [6, 6.07) is 13.1. The molecule has 1 heterocycles. The van der Waals surface area contributed by atoms with Gasteiger partial charge in [-0.15, -0.1) is 0 Å². The minimum absolute atomic E-state index is 0.126. The lowest BCUT2D eigenvalue weighted by atomic mass is 10.2. The van der Waals surface area contributed by atoms with Gasteiger partial charge in [0.25, 0.3) is 0 Å². The topological polar surface area (TPSA) is 83.1 Å². The number of amides is 2. The fourth-order valence-electron chi connectivity index (χ4n) is 3.52. The number of ether oxygens (including phenoxy) is 2. The summed E-state index contributed by atoms with van der Waals surface area (Å²) in [6.07, 6.45) is 0. The van der Waals surface area contributed by atoms with Crippen LogP contribution in [-0.2, 0) is 9.59 Å². The molecule has 1 saturated heterocycles. The van der Waals surface area contributed by atoms with Crippen molar-refractivity contribution in [1.82, 2.24) is 4.90 Å². The van der Waals surface area contributed by atoms with E-state index in [1.807, 2.05) is 18.2 Å². The average molecular weight is 412 g/mol. The molecular formula is C22H28N4O4. The van der Waals surface area contributed by atoms with Gasteiger partial charge in [0, 0.05) is 38.8 Å². The highest BCUT2D eigenvalue weighted by Crippen LogP contribution is 2.29. The van der Waals surface area contributed by atoms with Gasteiger partial charge in [0.15, 0.2) is 0 Å². The van der Waals surface area contributed by atoms with Crippen molar-refractivity contribution < 1.29 is 19.1 Å². The lowest BCUT2D eigenvalue weighted by molar-refractivity contribution is -0.117. The van der Waals surface area contributed by atoms with E-state index in [0.29, 0.717) is 17.1 Å². The largest absolute Gasteiger partial charge is 0.495 e. The van der Waals surface area contributed by atoms with Gasteiger partial charge in [0.2, 0.25) is 11.8 Å². The van der Waals surface area contributed by atoms with E-state index in [4.69, 9.17) is 9.47 Å². The van der Waals surface area contributed by atoms with E-state index in [2.05, 4.69) is 26.5 Å². The van der Waals surface area contributed by atoms with Gasteiger partial charge in [-0.05, 0) is 30.3 Å². The molecule has 0 spiro atoms. The van der Waals surface area contributed by atoms with Crippen LogP contribution < -0.4 is 25.0 Å². The van der Waals surface area contributed by atoms with Gasteiger partial charge in [-0.3, -0.25) is 14.5 Å². The third kappa shape index (κ3) is 5.42. The van der Waals surface area contributed by atoms with Crippen LogP contribution in [0.2, 0.25) is 0 Å². The quantitative estimate of drug-likeness (QED) is 0.727. The summed E-state index contributed by atoms with van der Waals surface area (Å²) in [6.45, 7) is 4.90. The van der Waals surface area contributed by atoms with Crippen LogP contribution >= 0.6 is 0 Å². The minimum Gasteiger partial charge on any atom is -0.495 e. The van der Waals surface area contributed by atoms with Gasteiger partial charge >= 0.3 is 0 Å². The zero-order valence-corrected chi connectivity index (χ0v) is 17.6. The number of rotatable bonds is 7. The van der Waals surface area contributed by atoms with E-state index < -0.39 is 0 Å². The number of benzene rings is 2. The maximum Gasteiger partial charge on any atom is 0.238 e. The lowest BCUT2D eigenvalue weighted by Gasteiger charge is -2.36. The average Bonchev–Trinajstić information content (AvgIpc) is 2.74. The zero-order chi connectivity index (χ0) is 21.5. The molecule has 2 aromatic rings. The number of methoxy groups -OCH3 is 2. The first-order valence-electron chi connectivity index (χ1n) is 9.86. The predicted octanol–water partition coefficient (Wildman–Crippen LogP) is 2.42. The van der Waals surface area contributed by atoms with Crippen LogP contribution in [0.25, 0.3) is 0 Å². The highest BCUT2D eigenvalue weighted by Gasteiger charge is 2.21. The fourth-order valence-corrected chi connectivity index (χ4v) is 3.52. The lowest BCUT2D eigenvalue weighted by Crippen LogP contribution is -2.48. The Hall–Kier alpha value is -3.26. The molecule has 1 aliphatic rings. The molecule has 2 amide bonds. The van der Waals surface area contributed by atoms with Crippen LogP contribution in [0.4, 0.5) is 17.1 Å². The van der Waals surface area contributed by atoms with Crippen molar-refractivity contribution >= 4 is 28.9 Å². The Bertz CT molecular complexity index is 894. The number of piperazine rings is 1. The van der Waals surface area contributed by atoms with Crippen molar-refractivity contribution in [3.05, 3.63) is 42.5 Å². The molecule has 2 N–H and O–H groups in total. The zero-order valence-electron chi connectivity index (χ0n) is 17.6. The minimum atomic E-state index is -0.176. The maximum absolute atomic E-state index is 12.6. The molecule has 2 aromatic carbocycles. The van der Waals surface area contributed by atoms with E-state index in [1.54, 1.807) is 32.4 Å². The molecule has 0 saturated carbocycles. The Kier molecular flexibility index (Phi) is 7.13. The Labute approximate surface area is 176 Å². The van der Waals surface area contributed by atoms with Gasteiger partial charge in [-0.1, -0.05) is 12.1 Å². The van der Waals surface area contributed by atoms with Crippen molar-refractivity contribution in [2.24, 2.45) is 0 Å². The summed E-state index contributed by atoms with van der Waals surface area (Å²) in [5.74, 6) is 1.10. The van der Waals surface area contributed by atoms with Crippen LogP contribution in [0.1, 0.15) is 6.92 Å². The number of hydrogen-bond donors (Lipinski definition) is 2. The van der Waals surface area contributed by atoms with Crippen LogP contribution in [0.5, 0.6) is 11.5 Å². The van der Waals surface area contributed by atoms with Gasteiger partial charge < -0.3 is 25.0 Å². The molecular weight excluding hydrogens is 384 g/mol. The molecule has 8 heteroatoms. The highest BCUT2D eigenvalue weighted by molar-refractivity contribution is 5.95.